The van der Waals surface area contributed by atoms with Crippen LogP contribution in [0.2, 0.25) is 0 Å². The molecule has 0 saturated carbocycles. The van der Waals surface area contributed by atoms with Crippen LogP contribution in [0.25, 0.3) is 11.1 Å². The Kier molecular flexibility index (Phi) is 4.48. The predicted molar refractivity (Wildman–Crippen MR) is 102 cm³/mol. The fourth-order valence-electron chi connectivity index (χ4n) is 3.75. The van der Waals surface area contributed by atoms with Crippen LogP contribution in [0, 0.1) is 11.8 Å². The molecule has 1 heteroatoms. The first-order valence-electron chi connectivity index (χ1n) is 8.65. The Morgan fingerprint density at radius 1 is 0.913 bits per heavy atom. The zero-order valence-electron chi connectivity index (χ0n) is 14.7. The van der Waals surface area contributed by atoms with Gasteiger partial charge in [0.1, 0.15) is 7.85 Å². The Morgan fingerprint density at radius 2 is 1.57 bits per heavy atom. The van der Waals surface area contributed by atoms with Crippen LogP contribution in [-0.4, -0.2) is 7.85 Å². The van der Waals surface area contributed by atoms with E-state index in [9.17, 15) is 0 Å². The average Bonchev–Trinajstić information content (AvgIpc) is 2.60. The number of rotatable bonds is 2. The van der Waals surface area contributed by atoms with E-state index < -0.39 is 0 Å². The Hall–Kier alpha value is -1.76. The minimum absolute atomic E-state index is 0.426. The minimum Gasteiger partial charge on any atom is -0.111 e. The van der Waals surface area contributed by atoms with E-state index in [0.29, 0.717) is 11.8 Å². The van der Waals surface area contributed by atoms with Crippen molar-refractivity contribution in [2.24, 2.45) is 11.8 Å². The molecule has 1 aromatic rings. The van der Waals surface area contributed by atoms with Gasteiger partial charge in [-0.15, -0.1) is 5.47 Å². The van der Waals surface area contributed by atoms with Crippen molar-refractivity contribution >= 4 is 19.0 Å². The summed E-state index contributed by atoms with van der Waals surface area (Å²) in [5.41, 5.74) is 9.01. The van der Waals surface area contributed by atoms with Gasteiger partial charge in [-0.25, -0.2) is 0 Å². The first-order valence-corrected chi connectivity index (χ1v) is 8.65. The highest BCUT2D eigenvalue weighted by molar-refractivity contribution is 6.24. The van der Waals surface area contributed by atoms with E-state index in [2.05, 4.69) is 70.2 Å². The van der Waals surface area contributed by atoms with E-state index in [1.54, 1.807) is 0 Å². The molecule has 0 spiro atoms. The lowest BCUT2D eigenvalue weighted by atomic mass is 9.66. The summed E-state index contributed by atoms with van der Waals surface area (Å²) >= 11 is 0. The molecule has 0 bridgehead atoms. The van der Waals surface area contributed by atoms with Gasteiger partial charge in [-0.3, -0.25) is 0 Å². The molecule has 0 N–H and O–H groups in total. The van der Waals surface area contributed by atoms with Gasteiger partial charge in [0.15, 0.2) is 0 Å². The summed E-state index contributed by atoms with van der Waals surface area (Å²) < 4.78 is 0. The van der Waals surface area contributed by atoms with Gasteiger partial charge in [0, 0.05) is 0 Å². The van der Waals surface area contributed by atoms with Crippen LogP contribution in [0.4, 0.5) is 0 Å². The van der Waals surface area contributed by atoms with E-state index in [-0.39, 0.29) is 0 Å². The summed E-state index contributed by atoms with van der Waals surface area (Å²) in [5, 5.41) is 0. The molecule has 0 fully saturated rings. The molecule has 1 aromatic carbocycles. The summed E-state index contributed by atoms with van der Waals surface area (Å²) in [6.07, 6.45) is 9.12. The Balaban J connectivity index is 1.99. The molecule has 23 heavy (non-hydrogen) atoms. The molecule has 116 valence electrons. The second kappa shape index (κ2) is 6.39. The van der Waals surface area contributed by atoms with Crippen LogP contribution in [0.15, 0.2) is 59.1 Å². The molecule has 2 radical (unpaired) electrons. The summed E-state index contributed by atoms with van der Waals surface area (Å²) in [6.45, 7) is 8.93. The quantitative estimate of drug-likeness (QED) is 0.594. The fraction of sp³-hybridized carbons (Fsp3) is 0.364. The van der Waals surface area contributed by atoms with Gasteiger partial charge >= 0.3 is 0 Å². The first kappa shape index (κ1) is 16.1. The topological polar surface area (TPSA) is 0 Å². The highest BCUT2D eigenvalue weighted by Gasteiger charge is 2.26. The van der Waals surface area contributed by atoms with Gasteiger partial charge in [-0.05, 0) is 60.8 Å². The largest absolute Gasteiger partial charge is 0.111 e. The summed E-state index contributed by atoms with van der Waals surface area (Å²) in [7, 11) is 6.38. The molecule has 0 saturated heterocycles. The van der Waals surface area contributed by atoms with Crippen LogP contribution in [0.3, 0.4) is 0 Å². The summed E-state index contributed by atoms with van der Waals surface area (Å²) in [6, 6.07) is 8.97. The van der Waals surface area contributed by atoms with Crippen molar-refractivity contribution < 1.29 is 0 Å². The number of allylic oxidation sites excluding steroid dienone is 8. The van der Waals surface area contributed by atoms with Crippen molar-refractivity contribution in [3.05, 3.63) is 70.2 Å². The lowest BCUT2D eigenvalue weighted by molar-refractivity contribution is 0.513. The predicted octanol–water partition coefficient (Wildman–Crippen LogP) is 5.92. The molecule has 3 rings (SSSR count). The third-order valence-electron chi connectivity index (χ3n) is 5.63. The van der Waals surface area contributed by atoms with Crippen molar-refractivity contribution in [3.63, 3.8) is 0 Å². The molecule has 2 aliphatic carbocycles. The smallest absolute Gasteiger partial charge is 0.108 e. The maximum absolute atomic E-state index is 6.38. The van der Waals surface area contributed by atoms with Gasteiger partial charge in [-0.2, -0.15) is 0 Å². The molecule has 2 atom stereocenters. The monoisotopic (exact) mass is 300 g/mol. The zero-order valence-corrected chi connectivity index (χ0v) is 14.7. The maximum Gasteiger partial charge on any atom is 0.108 e. The third kappa shape index (κ3) is 2.90. The van der Waals surface area contributed by atoms with E-state index in [4.69, 9.17) is 7.85 Å². The van der Waals surface area contributed by atoms with Crippen LogP contribution in [0.5, 0.6) is 0 Å². The van der Waals surface area contributed by atoms with Crippen molar-refractivity contribution in [2.45, 2.75) is 40.5 Å². The Labute approximate surface area is 142 Å². The summed E-state index contributed by atoms with van der Waals surface area (Å²) in [5.74, 6) is 0.924. The van der Waals surface area contributed by atoms with Crippen LogP contribution in [0.1, 0.15) is 51.7 Å². The molecular weight excluding hydrogens is 275 g/mol. The van der Waals surface area contributed by atoms with Gasteiger partial charge in [0.25, 0.3) is 0 Å². The second-order valence-electron chi connectivity index (χ2n) is 6.93. The Bertz CT molecular complexity index is 726. The van der Waals surface area contributed by atoms with Crippen molar-refractivity contribution in [3.8, 4) is 0 Å². The SMILES string of the molecule is [B]C1=C(C)C(c2ccc(C3=CCCC=C3)cc2)=C(C)C(C)C1C. The fourth-order valence-corrected chi connectivity index (χ4v) is 3.75. The number of benzene rings is 1. The molecule has 2 unspecified atom stereocenters. The number of hydrogen-bond donors (Lipinski definition) is 0. The highest BCUT2D eigenvalue weighted by Crippen LogP contribution is 2.41. The van der Waals surface area contributed by atoms with Crippen LogP contribution in [-0.2, 0) is 0 Å². The van der Waals surface area contributed by atoms with E-state index >= 15 is 0 Å². The van der Waals surface area contributed by atoms with Crippen molar-refractivity contribution in [1.29, 1.82) is 0 Å². The zero-order chi connectivity index (χ0) is 16.6. The standard InChI is InChI=1S/C22H25B/c1-14-15(2)21(17(4)22(23)16(14)3)20-12-10-19(11-13-20)18-8-6-5-7-9-18/h6,8-14,16H,5,7H2,1-4H3. The van der Waals surface area contributed by atoms with E-state index in [0.717, 1.165) is 18.3 Å². The highest BCUT2D eigenvalue weighted by atomic mass is 14.3. The molecule has 0 aliphatic heterocycles. The normalized spacial score (nSPS) is 25.0. The van der Waals surface area contributed by atoms with Crippen molar-refractivity contribution in [2.75, 3.05) is 0 Å². The van der Waals surface area contributed by atoms with E-state index in [1.165, 1.54) is 33.4 Å². The maximum atomic E-state index is 6.38. The molecule has 0 heterocycles. The summed E-state index contributed by atoms with van der Waals surface area (Å²) in [4.78, 5) is 0. The van der Waals surface area contributed by atoms with E-state index in [1.807, 2.05) is 0 Å². The lowest BCUT2D eigenvalue weighted by Crippen LogP contribution is -2.20. The minimum atomic E-state index is 0.426. The lowest BCUT2D eigenvalue weighted by Gasteiger charge is -2.33. The van der Waals surface area contributed by atoms with Gasteiger partial charge in [0.05, 0.1) is 0 Å². The molecule has 2 aliphatic rings. The van der Waals surface area contributed by atoms with Gasteiger partial charge in [0.2, 0.25) is 0 Å². The average molecular weight is 300 g/mol. The molecular formula is C22H25B. The third-order valence-corrected chi connectivity index (χ3v) is 5.63. The molecule has 0 aromatic heterocycles. The Morgan fingerprint density at radius 3 is 2.17 bits per heavy atom. The second-order valence-corrected chi connectivity index (χ2v) is 6.93. The van der Waals surface area contributed by atoms with Crippen molar-refractivity contribution in [1.82, 2.24) is 0 Å². The van der Waals surface area contributed by atoms with Crippen LogP contribution < -0.4 is 0 Å². The number of hydrogen-bond acceptors (Lipinski definition) is 0. The van der Waals surface area contributed by atoms with Crippen LogP contribution >= 0.6 is 0 Å². The molecule has 0 nitrogen and oxygen atoms in total. The van der Waals surface area contributed by atoms with Gasteiger partial charge < -0.3 is 0 Å². The first-order chi connectivity index (χ1) is 11.0. The van der Waals surface area contributed by atoms with Gasteiger partial charge in [-0.1, -0.05) is 67.5 Å². The molecule has 0 amide bonds.